The third kappa shape index (κ3) is 2.22. The van der Waals surface area contributed by atoms with Crippen LogP contribution >= 0.6 is 0 Å². The average molecular weight is 243 g/mol. The molecule has 0 aliphatic heterocycles. The summed E-state index contributed by atoms with van der Waals surface area (Å²) in [5.74, 6) is -1.46. The van der Waals surface area contributed by atoms with Crippen LogP contribution in [0.3, 0.4) is 0 Å². The molecule has 0 saturated carbocycles. The fourth-order valence-electron chi connectivity index (χ4n) is 1.37. The molecule has 90 valence electrons. The van der Waals surface area contributed by atoms with Crippen LogP contribution in [0.2, 0.25) is 0 Å². The molecule has 2 aromatic rings. The van der Waals surface area contributed by atoms with Crippen LogP contribution in [-0.2, 0) is 6.18 Å². The Bertz CT molecular complexity index is 548. The minimum atomic E-state index is -4.61. The van der Waals surface area contributed by atoms with Crippen molar-refractivity contribution in [1.29, 1.82) is 0 Å². The van der Waals surface area contributed by atoms with E-state index in [9.17, 15) is 13.2 Å². The van der Waals surface area contributed by atoms with E-state index in [1.807, 2.05) is 0 Å². The maximum Gasteiger partial charge on any atom is 0.455 e. The molecule has 17 heavy (non-hydrogen) atoms. The van der Waals surface area contributed by atoms with Crippen LogP contribution in [0, 0.1) is 6.92 Å². The number of aryl methyl sites for hydroxylation is 1. The number of benzene rings is 1. The molecule has 4 nitrogen and oxygen atoms in total. The average Bonchev–Trinajstić information content (AvgIpc) is 2.65. The zero-order chi connectivity index (χ0) is 12.6. The Kier molecular flexibility index (Phi) is 2.53. The largest absolute Gasteiger partial charge is 0.455 e. The molecule has 0 atom stereocenters. The van der Waals surface area contributed by atoms with Crippen LogP contribution < -0.4 is 5.73 Å². The number of hydrogen-bond donors (Lipinski definition) is 1. The summed E-state index contributed by atoms with van der Waals surface area (Å²) in [6.07, 6.45) is -4.61. The highest BCUT2D eigenvalue weighted by Gasteiger charge is 2.37. The Balaban J connectivity index is 2.44. The van der Waals surface area contributed by atoms with E-state index in [1.165, 1.54) is 0 Å². The molecule has 0 bridgehead atoms. The van der Waals surface area contributed by atoms with Gasteiger partial charge in [-0.05, 0) is 30.7 Å². The smallest absolute Gasteiger partial charge is 0.399 e. The zero-order valence-corrected chi connectivity index (χ0v) is 8.75. The van der Waals surface area contributed by atoms with Crippen molar-refractivity contribution in [3.63, 3.8) is 0 Å². The van der Waals surface area contributed by atoms with Crippen LogP contribution in [-0.4, -0.2) is 10.1 Å². The Morgan fingerprint density at radius 2 is 2.00 bits per heavy atom. The second-order valence-corrected chi connectivity index (χ2v) is 3.50. The van der Waals surface area contributed by atoms with E-state index in [0.717, 1.165) is 0 Å². The number of aromatic nitrogens is 2. The van der Waals surface area contributed by atoms with Gasteiger partial charge in [0.2, 0.25) is 0 Å². The second-order valence-electron chi connectivity index (χ2n) is 3.50. The summed E-state index contributed by atoms with van der Waals surface area (Å²) in [7, 11) is 0. The fourth-order valence-corrected chi connectivity index (χ4v) is 1.37. The molecular weight excluding hydrogens is 235 g/mol. The number of halogens is 3. The van der Waals surface area contributed by atoms with E-state index in [4.69, 9.17) is 5.73 Å². The van der Waals surface area contributed by atoms with Gasteiger partial charge in [-0.1, -0.05) is 5.16 Å². The van der Waals surface area contributed by atoms with E-state index in [0.29, 0.717) is 16.8 Å². The lowest BCUT2D eigenvalue weighted by Crippen LogP contribution is -2.07. The predicted octanol–water partition coefficient (Wildman–Crippen LogP) is 2.65. The first kappa shape index (κ1) is 11.4. The SMILES string of the molecule is Cc1cc(N)ccc1-c1nc(C(F)(F)F)no1. The molecule has 0 fully saturated rings. The standard InChI is InChI=1S/C10H8F3N3O/c1-5-4-6(14)2-3-7(5)8-15-9(16-17-8)10(11,12)13/h2-4H,14H2,1H3. The molecule has 2 rings (SSSR count). The molecule has 0 aliphatic carbocycles. The Labute approximate surface area is 94.2 Å². The van der Waals surface area contributed by atoms with Crippen LogP contribution in [0.25, 0.3) is 11.5 Å². The van der Waals surface area contributed by atoms with E-state index in [-0.39, 0.29) is 5.89 Å². The van der Waals surface area contributed by atoms with Crippen molar-refractivity contribution in [2.24, 2.45) is 0 Å². The first-order chi connectivity index (χ1) is 7.88. The highest BCUT2D eigenvalue weighted by Crippen LogP contribution is 2.30. The lowest BCUT2D eigenvalue weighted by atomic mass is 10.1. The quantitative estimate of drug-likeness (QED) is 0.782. The van der Waals surface area contributed by atoms with Gasteiger partial charge in [-0.3, -0.25) is 0 Å². The number of anilines is 1. The Hall–Kier alpha value is -2.05. The minimum Gasteiger partial charge on any atom is -0.399 e. The highest BCUT2D eigenvalue weighted by atomic mass is 19.4. The summed E-state index contributed by atoms with van der Waals surface area (Å²) in [5.41, 5.74) is 7.15. The molecule has 0 spiro atoms. The van der Waals surface area contributed by atoms with Crippen molar-refractivity contribution < 1.29 is 17.7 Å². The van der Waals surface area contributed by atoms with E-state index < -0.39 is 12.0 Å². The lowest BCUT2D eigenvalue weighted by molar-refractivity contribution is -0.146. The molecule has 7 heteroatoms. The molecule has 1 aromatic heterocycles. The first-order valence-electron chi connectivity index (χ1n) is 4.65. The van der Waals surface area contributed by atoms with Crippen molar-refractivity contribution in [3.05, 3.63) is 29.6 Å². The molecule has 0 aliphatic rings. The van der Waals surface area contributed by atoms with Gasteiger partial charge in [-0.2, -0.15) is 18.2 Å². The van der Waals surface area contributed by atoms with Crippen molar-refractivity contribution in [2.75, 3.05) is 5.73 Å². The third-order valence-corrected chi connectivity index (χ3v) is 2.16. The van der Waals surface area contributed by atoms with Gasteiger partial charge in [0.1, 0.15) is 0 Å². The molecule has 0 radical (unpaired) electrons. The van der Waals surface area contributed by atoms with E-state index in [1.54, 1.807) is 25.1 Å². The summed E-state index contributed by atoms with van der Waals surface area (Å²) in [4.78, 5) is 3.30. The van der Waals surface area contributed by atoms with Gasteiger partial charge in [0.15, 0.2) is 0 Å². The number of alkyl halides is 3. The summed E-state index contributed by atoms with van der Waals surface area (Å²) in [5, 5.41) is 2.89. The van der Waals surface area contributed by atoms with Gasteiger partial charge in [0.05, 0.1) is 0 Å². The summed E-state index contributed by atoms with van der Waals surface area (Å²) in [6, 6.07) is 4.71. The number of nitrogen functional groups attached to an aromatic ring is 1. The molecule has 2 N–H and O–H groups in total. The molecule has 0 unspecified atom stereocenters. The number of nitrogens with two attached hydrogens (primary N) is 1. The van der Waals surface area contributed by atoms with Crippen LogP contribution in [0.15, 0.2) is 22.7 Å². The van der Waals surface area contributed by atoms with Gasteiger partial charge in [-0.15, -0.1) is 0 Å². The van der Waals surface area contributed by atoms with Crippen molar-refractivity contribution in [3.8, 4) is 11.5 Å². The predicted molar refractivity (Wildman–Crippen MR) is 53.9 cm³/mol. The number of hydrogen-bond acceptors (Lipinski definition) is 4. The van der Waals surface area contributed by atoms with Gasteiger partial charge >= 0.3 is 6.18 Å². The summed E-state index contributed by atoms with van der Waals surface area (Å²) < 4.78 is 41.4. The number of rotatable bonds is 1. The fraction of sp³-hybridized carbons (Fsp3) is 0.200. The molecule has 0 amide bonds. The van der Waals surface area contributed by atoms with E-state index in [2.05, 4.69) is 14.7 Å². The Morgan fingerprint density at radius 3 is 2.53 bits per heavy atom. The summed E-state index contributed by atoms with van der Waals surface area (Å²) >= 11 is 0. The van der Waals surface area contributed by atoms with Crippen molar-refractivity contribution in [1.82, 2.24) is 10.1 Å². The zero-order valence-electron chi connectivity index (χ0n) is 8.75. The van der Waals surface area contributed by atoms with Crippen molar-refractivity contribution in [2.45, 2.75) is 13.1 Å². The number of nitrogens with zero attached hydrogens (tertiary/aromatic N) is 2. The molecule has 0 saturated heterocycles. The molecule has 1 aromatic carbocycles. The van der Waals surface area contributed by atoms with Gasteiger partial charge in [0, 0.05) is 11.3 Å². The second kappa shape index (κ2) is 3.76. The third-order valence-electron chi connectivity index (χ3n) is 2.16. The maximum atomic E-state index is 12.3. The van der Waals surface area contributed by atoms with Gasteiger partial charge in [0.25, 0.3) is 11.7 Å². The summed E-state index contributed by atoms with van der Waals surface area (Å²) in [6.45, 7) is 1.70. The normalized spacial score (nSPS) is 11.8. The van der Waals surface area contributed by atoms with Crippen LogP contribution in [0.4, 0.5) is 18.9 Å². The van der Waals surface area contributed by atoms with Crippen molar-refractivity contribution >= 4 is 5.69 Å². The van der Waals surface area contributed by atoms with Gasteiger partial charge in [-0.25, -0.2) is 0 Å². The van der Waals surface area contributed by atoms with Crippen LogP contribution in [0.1, 0.15) is 11.4 Å². The van der Waals surface area contributed by atoms with Crippen LogP contribution in [0.5, 0.6) is 0 Å². The first-order valence-corrected chi connectivity index (χ1v) is 4.65. The lowest BCUT2D eigenvalue weighted by Gasteiger charge is -2.01. The topological polar surface area (TPSA) is 64.9 Å². The molecule has 1 heterocycles. The minimum absolute atomic E-state index is 0.171. The van der Waals surface area contributed by atoms with Gasteiger partial charge < -0.3 is 10.3 Å². The molecular formula is C10H8F3N3O. The Morgan fingerprint density at radius 1 is 1.29 bits per heavy atom. The van der Waals surface area contributed by atoms with E-state index >= 15 is 0 Å². The highest BCUT2D eigenvalue weighted by molar-refractivity contribution is 5.62. The monoisotopic (exact) mass is 243 g/mol. The maximum absolute atomic E-state index is 12.3.